The first kappa shape index (κ1) is 14.1. The minimum atomic E-state index is -1.37. The van der Waals surface area contributed by atoms with Crippen LogP contribution in [0, 0.1) is 0 Å². The fraction of sp³-hybridized carbons (Fsp3) is 1.00. The van der Waals surface area contributed by atoms with Gasteiger partial charge in [-0.3, -0.25) is 0 Å². The van der Waals surface area contributed by atoms with Crippen molar-refractivity contribution in [1.29, 1.82) is 0 Å². The van der Waals surface area contributed by atoms with Gasteiger partial charge < -0.3 is 8.85 Å². The molecule has 0 saturated carbocycles. The van der Waals surface area contributed by atoms with Crippen molar-refractivity contribution in [3.8, 4) is 0 Å². The van der Waals surface area contributed by atoms with E-state index in [4.69, 9.17) is 8.85 Å². The van der Waals surface area contributed by atoms with Gasteiger partial charge in [0.2, 0.25) is 0 Å². The van der Waals surface area contributed by atoms with Gasteiger partial charge in [0.05, 0.1) is 0 Å². The summed E-state index contributed by atoms with van der Waals surface area (Å²) in [6.45, 7) is 10.6. The Bertz CT molecular complexity index is 108. The third-order valence-corrected chi connectivity index (χ3v) is 4.32. The Hall–Kier alpha value is 0.137. The number of hydrogen-bond donors (Lipinski definition) is 0. The summed E-state index contributed by atoms with van der Waals surface area (Å²) in [6, 6.07) is 0. The molecule has 0 radical (unpaired) electrons. The Kier molecular flexibility index (Phi) is 9.78. The van der Waals surface area contributed by atoms with Crippen LogP contribution in [-0.4, -0.2) is 22.5 Å². The number of hydrogen-bond acceptors (Lipinski definition) is 2. The molecule has 0 spiro atoms. The Morgan fingerprint density at radius 3 is 1.64 bits per heavy atom. The summed E-state index contributed by atoms with van der Waals surface area (Å²) < 4.78 is 11.6. The van der Waals surface area contributed by atoms with Crippen LogP contribution in [0.3, 0.4) is 0 Å². The second kappa shape index (κ2) is 9.68. The number of unbranched alkanes of at least 4 members (excludes halogenated alkanes) is 2. The molecule has 0 unspecified atom stereocenters. The largest absolute Gasteiger partial charge is 0.396 e. The van der Waals surface area contributed by atoms with Crippen LogP contribution in [0.4, 0.5) is 0 Å². The third-order valence-electron chi connectivity index (χ3n) is 2.10. The highest BCUT2D eigenvalue weighted by Crippen LogP contribution is 2.11. The van der Waals surface area contributed by atoms with E-state index in [-0.39, 0.29) is 0 Å². The SMILES string of the molecule is CCCCO[SiH](OCCCC)C(C)C. The molecule has 0 aromatic carbocycles. The summed E-state index contributed by atoms with van der Waals surface area (Å²) in [7, 11) is -1.37. The molecule has 0 aliphatic carbocycles. The first-order valence-electron chi connectivity index (χ1n) is 5.95. The Morgan fingerprint density at radius 2 is 1.36 bits per heavy atom. The molecule has 0 saturated heterocycles. The van der Waals surface area contributed by atoms with Gasteiger partial charge in [-0.15, -0.1) is 0 Å². The summed E-state index contributed by atoms with van der Waals surface area (Å²) in [4.78, 5) is 0. The zero-order valence-corrected chi connectivity index (χ0v) is 11.4. The van der Waals surface area contributed by atoms with Gasteiger partial charge in [-0.2, -0.15) is 0 Å². The second-order valence-corrected chi connectivity index (χ2v) is 6.80. The highest BCUT2D eigenvalue weighted by Gasteiger charge is 2.17. The van der Waals surface area contributed by atoms with Gasteiger partial charge >= 0.3 is 9.28 Å². The highest BCUT2D eigenvalue weighted by molar-refractivity contribution is 6.46. The van der Waals surface area contributed by atoms with Gasteiger partial charge in [0.15, 0.2) is 0 Å². The summed E-state index contributed by atoms with van der Waals surface area (Å²) >= 11 is 0. The van der Waals surface area contributed by atoms with E-state index < -0.39 is 9.28 Å². The van der Waals surface area contributed by atoms with Gasteiger partial charge in [0.1, 0.15) is 0 Å². The van der Waals surface area contributed by atoms with Crippen LogP contribution in [0.5, 0.6) is 0 Å². The molecule has 0 heterocycles. The Morgan fingerprint density at radius 1 is 0.929 bits per heavy atom. The maximum absolute atomic E-state index is 5.81. The quantitative estimate of drug-likeness (QED) is 0.437. The summed E-state index contributed by atoms with van der Waals surface area (Å²) in [5, 5.41) is 0. The van der Waals surface area contributed by atoms with Gasteiger partial charge in [0, 0.05) is 13.2 Å². The van der Waals surface area contributed by atoms with Crippen LogP contribution in [-0.2, 0) is 8.85 Å². The third kappa shape index (κ3) is 7.53. The molecular formula is C11H26O2Si. The van der Waals surface area contributed by atoms with E-state index in [0.717, 1.165) is 26.1 Å². The lowest BCUT2D eigenvalue weighted by Gasteiger charge is -2.19. The second-order valence-electron chi connectivity index (χ2n) is 4.06. The van der Waals surface area contributed by atoms with Crippen LogP contribution in [0.1, 0.15) is 53.4 Å². The van der Waals surface area contributed by atoms with E-state index in [1.165, 1.54) is 12.8 Å². The first-order chi connectivity index (χ1) is 6.72. The molecule has 0 bridgehead atoms. The Balaban J connectivity index is 3.55. The molecule has 0 aromatic rings. The van der Waals surface area contributed by atoms with Gasteiger partial charge in [-0.25, -0.2) is 0 Å². The lowest BCUT2D eigenvalue weighted by Crippen LogP contribution is -2.27. The van der Waals surface area contributed by atoms with E-state index in [0.29, 0.717) is 5.54 Å². The topological polar surface area (TPSA) is 18.5 Å². The van der Waals surface area contributed by atoms with Crippen molar-refractivity contribution >= 4 is 9.28 Å². The van der Waals surface area contributed by atoms with Crippen LogP contribution >= 0.6 is 0 Å². The van der Waals surface area contributed by atoms with Crippen molar-refractivity contribution in [2.75, 3.05) is 13.2 Å². The molecule has 0 aliphatic rings. The maximum Gasteiger partial charge on any atom is 0.324 e. The van der Waals surface area contributed by atoms with Crippen LogP contribution < -0.4 is 0 Å². The fourth-order valence-corrected chi connectivity index (χ4v) is 2.78. The minimum absolute atomic E-state index is 0.587. The van der Waals surface area contributed by atoms with Gasteiger partial charge in [-0.05, 0) is 18.4 Å². The summed E-state index contributed by atoms with van der Waals surface area (Å²) in [5.74, 6) is 0. The average molecular weight is 218 g/mol. The van der Waals surface area contributed by atoms with E-state index in [9.17, 15) is 0 Å². The molecule has 0 atom stereocenters. The molecule has 0 rings (SSSR count). The highest BCUT2D eigenvalue weighted by atomic mass is 28.3. The molecule has 0 N–H and O–H groups in total. The van der Waals surface area contributed by atoms with E-state index in [1.807, 2.05) is 0 Å². The zero-order chi connectivity index (χ0) is 10.8. The summed E-state index contributed by atoms with van der Waals surface area (Å²) in [6.07, 6.45) is 4.73. The lowest BCUT2D eigenvalue weighted by atomic mass is 10.4. The van der Waals surface area contributed by atoms with Crippen molar-refractivity contribution in [2.45, 2.75) is 58.9 Å². The molecule has 0 aliphatic heterocycles. The zero-order valence-electron chi connectivity index (χ0n) is 10.2. The van der Waals surface area contributed by atoms with Gasteiger partial charge in [0.25, 0.3) is 0 Å². The fourth-order valence-electron chi connectivity index (χ4n) is 1.12. The van der Waals surface area contributed by atoms with Crippen molar-refractivity contribution in [3.05, 3.63) is 0 Å². The van der Waals surface area contributed by atoms with E-state index in [1.54, 1.807) is 0 Å². The van der Waals surface area contributed by atoms with Gasteiger partial charge in [-0.1, -0.05) is 40.5 Å². The van der Waals surface area contributed by atoms with E-state index >= 15 is 0 Å². The van der Waals surface area contributed by atoms with Crippen molar-refractivity contribution in [3.63, 3.8) is 0 Å². The molecule has 14 heavy (non-hydrogen) atoms. The van der Waals surface area contributed by atoms with Crippen LogP contribution in [0.2, 0.25) is 5.54 Å². The van der Waals surface area contributed by atoms with Crippen molar-refractivity contribution in [1.82, 2.24) is 0 Å². The maximum atomic E-state index is 5.81. The molecular weight excluding hydrogens is 192 g/mol. The van der Waals surface area contributed by atoms with Crippen molar-refractivity contribution < 1.29 is 8.85 Å². The van der Waals surface area contributed by atoms with Crippen molar-refractivity contribution in [2.24, 2.45) is 0 Å². The molecule has 3 heteroatoms. The predicted molar refractivity (Wildman–Crippen MR) is 64.0 cm³/mol. The molecule has 0 fully saturated rings. The number of rotatable bonds is 9. The Labute approximate surface area is 90.8 Å². The normalized spacial score (nSPS) is 11.6. The lowest BCUT2D eigenvalue weighted by molar-refractivity contribution is 0.185. The van der Waals surface area contributed by atoms with Crippen LogP contribution in [0.25, 0.3) is 0 Å². The van der Waals surface area contributed by atoms with Crippen LogP contribution in [0.15, 0.2) is 0 Å². The standard InChI is InChI=1S/C11H26O2Si/c1-5-7-9-12-14(11(3)4)13-10-8-6-2/h11,14H,5-10H2,1-4H3. The van der Waals surface area contributed by atoms with E-state index in [2.05, 4.69) is 27.7 Å². The monoisotopic (exact) mass is 218 g/mol. The molecule has 86 valence electrons. The molecule has 2 nitrogen and oxygen atoms in total. The molecule has 0 amide bonds. The minimum Gasteiger partial charge on any atom is -0.396 e. The first-order valence-corrected chi connectivity index (χ1v) is 7.56. The average Bonchev–Trinajstić information content (AvgIpc) is 2.15. The predicted octanol–water partition coefficient (Wildman–Crippen LogP) is 3.25. The molecule has 0 aromatic heterocycles. The summed E-state index contributed by atoms with van der Waals surface area (Å²) in [5.41, 5.74) is 0.587. The smallest absolute Gasteiger partial charge is 0.324 e.